The normalized spacial score (nSPS) is 14.9. The van der Waals surface area contributed by atoms with Gasteiger partial charge in [0.15, 0.2) is 5.82 Å². The minimum absolute atomic E-state index is 0.272. The van der Waals surface area contributed by atoms with Crippen LogP contribution in [0.3, 0.4) is 0 Å². The van der Waals surface area contributed by atoms with Gasteiger partial charge >= 0.3 is 6.09 Å². The fraction of sp³-hybridized carbons (Fsp3) is 0.320. The van der Waals surface area contributed by atoms with Crippen LogP contribution in [0.4, 0.5) is 10.6 Å². The molecule has 1 aliphatic rings. The Labute approximate surface area is 213 Å². The van der Waals surface area contributed by atoms with E-state index in [-0.39, 0.29) is 6.61 Å². The maximum Gasteiger partial charge on any atom is 0.405 e. The Morgan fingerprint density at radius 1 is 1.17 bits per heavy atom. The zero-order valence-electron chi connectivity index (χ0n) is 19.4. The van der Waals surface area contributed by atoms with Crippen molar-refractivity contribution < 1.29 is 19.4 Å². The van der Waals surface area contributed by atoms with Gasteiger partial charge in [-0.2, -0.15) is 4.98 Å². The van der Waals surface area contributed by atoms with Crippen molar-refractivity contribution in [2.75, 3.05) is 25.1 Å². The van der Waals surface area contributed by atoms with Crippen LogP contribution in [0.2, 0.25) is 10.0 Å². The van der Waals surface area contributed by atoms with Crippen molar-refractivity contribution in [2.24, 2.45) is 0 Å². The molecule has 184 valence electrons. The van der Waals surface area contributed by atoms with E-state index in [0.29, 0.717) is 58.9 Å². The molecule has 2 N–H and O–H groups in total. The number of nitrogens with one attached hydrogen (secondary N) is 1. The lowest BCUT2D eigenvalue weighted by atomic mass is 9.90. The minimum atomic E-state index is -1.02. The van der Waals surface area contributed by atoms with E-state index >= 15 is 0 Å². The van der Waals surface area contributed by atoms with Gasteiger partial charge in [0, 0.05) is 24.2 Å². The van der Waals surface area contributed by atoms with E-state index in [4.69, 9.17) is 42.8 Å². The molecule has 8 nitrogen and oxygen atoms in total. The number of aromatic nitrogens is 2. The molecule has 1 aromatic heterocycles. The molecule has 0 unspecified atom stereocenters. The summed E-state index contributed by atoms with van der Waals surface area (Å²) < 4.78 is 11.4. The van der Waals surface area contributed by atoms with Crippen LogP contribution in [0.15, 0.2) is 48.7 Å². The Hall–Kier alpha value is -3.23. The van der Waals surface area contributed by atoms with Gasteiger partial charge in [-0.25, -0.2) is 9.78 Å². The SMILES string of the molecule is COc1ccc(COc2nc(N3CCC(C)(NC(=O)O)CC3)cnc2-c2cccc(Cl)c2Cl)cc1. The lowest BCUT2D eigenvalue weighted by Gasteiger charge is -2.39. The van der Waals surface area contributed by atoms with E-state index in [9.17, 15) is 4.79 Å². The Balaban J connectivity index is 1.61. The predicted molar refractivity (Wildman–Crippen MR) is 136 cm³/mol. The van der Waals surface area contributed by atoms with Crippen LogP contribution in [-0.2, 0) is 6.61 Å². The van der Waals surface area contributed by atoms with Crippen molar-refractivity contribution in [3.05, 3.63) is 64.3 Å². The molecule has 0 spiro atoms. The van der Waals surface area contributed by atoms with Crippen molar-refractivity contribution in [1.29, 1.82) is 0 Å². The first-order valence-corrected chi connectivity index (χ1v) is 11.9. The van der Waals surface area contributed by atoms with Gasteiger partial charge in [-0.05, 0) is 43.5 Å². The molecule has 35 heavy (non-hydrogen) atoms. The Morgan fingerprint density at radius 3 is 2.54 bits per heavy atom. The number of halogens is 2. The predicted octanol–water partition coefficient (Wildman–Crippen LogP) is 5.66. The molecular weight excluding hydrogens is 491 g/mol. The minimum Gasteiger partial charge on any atom is -0.497 e. The average molecular weight is 517 g/mol. The number of anilines is 1. The first-order chi connectivity index (χ1) is 16.8. The number of nitrogens with zero attached hydrogens (tertiary/aromatic N) is 3. The maximum absolute atomic E-state index is 11.1. The van der Waals surface area contributed by atoms with Crippen LogP contribution in [-0.4, -0.2) is 46.9 Å². The van der Waals surface area contributed by atoms with Gasteiger partial charge in [-0.15, -0.1) is 0 Å². The third kappa shape index (κ3) is 5.89. The van der Waals surface area contributed by atoms with Crippen LogP contribution in [0.1, 0.15) is 25.3 Å². The van der Waals surface area contributed by atoms with Gasteiger partial charge in [-0.3, -0.25) is 0 Å². The molecule has 3 aromatic rings. The van der Waals surface area contributed by atoms with Crippen molar-refractivity contribution in [1.82, 2.24) is 15.3 Å². The van der Waals surface area contributed by atoms with Crippen LogP contribution in [0.5, 0.6) is 11.6 Å². The van der Waals surface area contributed by atoms with E-state index in [2.05, 4.69) is 15.2 Å². The monoisotopic (exact) mass is 516 g/mol. The quantitative estimate of drug-likeness (QED) is 0.417. The summed E-state index contributed by atoms with van der Waals surface area (Å²) >= 11 is 12.7. The molecule has 1 fully saturated rings. The topological polar surface area (TPSA) is 96.8 Å². The van der Waals surface area contributed by atoms with Crippen LogP contribution < -0.4 is 19.7 Å². The van der Waals surface area contributed by atoms with E-state index in [1.807, 2.05) is 37.3 Å². The summed E-state index contributed by atoms with van der Waals surface area (Å²) in [6.07, 6.45) is 1.95. The summed E-state index contributed by atoms with van der Waals surface area (Å²) in [5.41, 5.74) is 1.58. The molecule has 1 saturated heterocycles. The van der Waals surface area contributed by atoms with E-state index in [1.54, 1.807) is 25.4 Å². The summed E-state index contributed by atoms with van der Waals surface area (Å²) in [5.74, 6) is 1.74. The summed E-state index contributed by atoms with van der Waals surface area (Å²) in [5, 5.41) is 12.5. The number of carbonyl (C=O) groups is 1. The largest absolute Gasteiger partial charge is 0.497 e. The number of benzene rings is 2. The first kappa shape index (κ1) is 24.9. The number of rotatable bonds is 7. The second-order valence-electron chi connectivity index (χ2n) is 8.60. The lowest BCUT2D eigenvalue weighted by Crippen LogP contribution is -2.53. The molecular formula is C25H26Cl2N4O4. The second kappa shape index (κ2) is 10.6. The van der Waals surface area contributed by atoms with E-state index in [0.717, 1.165) is 11.3 Å². The third-order valence-electron chi connectivity index (χ3n) is 6.07. The van der Waals surface area contributed by atoms with Gasteiger partial charge in [0.1, 0.15) is 18.1 Å². The average Bonchev–Trinajstić information content (AvgIpc) is 2.84. The molecule has 1 aliphatic heterocycles. The van der Waals surface area contributed by atoms with Gasteiger partial charge in [-0.1, -0.05) is 47.5 Å². The number of methoxy groups -OCH3 is 1. The number of amides is 1. The molecule has 0 bridgehead atoms. The highest BCUT2D eigenvalue weighted by atomic mass is 35.5. The summed E-state index contributed by atoms with van der Waals surface area (Å²) in [6.45, 7) is 3.44. The zero-order valence-corrected chi connectivity index (χ0v) is 20.9. The highest BCUT2D eigenvalue weighted by Gasteiger charge is 2.32. The molecule has 0 aliphatic carbocycles. The van der Waals surface area contributed by atoms with E-state index < -0.39 is 11.6 Å². The number of ether oxygens (including phenoxy) is 2. The van der Waals surface area contributed by atoms with Gasteiger partial charge in [0.25, 0.3) is 0 Å². The lowest BCUT2D eigenvalue weighted by molar-refractivity contribution is 0.173. The summed E-state index contributed by atoms with van der Waals surface area (Å²) in [6, 6.07) is 12.9. The number of piperidine rings is 1. The molecule has 0 atom stereocenters. The highest BCUT2D eigenvalue weighted by molar-refractivity contribution is 6.43. The maximum atomic E-state index is 11.1. The molecule has 1 amide bonds. The van der Waals surface area contributed by atoms with Crippen LogP contribution in [0, 0.1) is 0 Å². The number of hydrogen-bond acceptors (Lipinski definition) is 6. The Morgan fingerprint density at radius 2 is 1.89 bits per heavy atom. The summed E-state index contributed by atoms with van der Waals surface area (Å²) in [4.78, 5) is 22.6. The summed E-state index contributed by atoms with van der Waals surface area (Å²) in [7, 11) is 1.62. The van der Waals surface area contributed by atoms with Gasteiger partial charge < -0.3 is 24.8 Å². The Bertz CT molecular complexity index is 1200. The fourth-order valence-corrected chi connectivity index (χ4v) is 4.36. The third-order valence-corrected chi connectivity index (χ3v) is 6.89. The molecule has 10 heteroatoms. The first-order valence-electron chi connectivity index (χ1n) is 11.1. The zero-order chi connectivity index (χ0) is 25.0. The molecule has 4 rings (SSSR count). The standard InChI is InChI=1S/C25H26Cl2N4O4/c1-25(30-24(32)33)10-12-31(13-11-25)20-14-28-22(18-4-3-5-19(26)21(18)27)23(29-20)35-15-16-6-8-17(34-2)9-7-16/h3-9,14,30H,10-13,15H2,1-2H3,(H,32,33). The molecule has 2 heterocycles. The van der Waals surface area contributed by atoms with Gasteiger partial charge in [0.2, 0.25) is 5.88 Å². The van der Waals surface area contributed by atoms with E-state index in [1.165, 1.54) is 0 Å². The van der Waals surface area contributed by atoms with Crippen molar-refractivity contribution in [3.63, 3.8) is 0 Å². The molecule has 0 radical (unpaired) electrons. The van der Waals surface area contributed by atoms with Crippen LogP contribution in [0.25, 0.3) is 11.3 Å². The molecule has 2 aromatic carbocycles. The molecule has 0 saturated carbocycles. The highest BCUT2D eigenvalue weighted by Crippen LogP contribution is 2.37. The number of carboxylic acid groups (broad SMARTS) is 1. The second-order valence-corrected chi connectivity index (χ2v) is 9.38. The Kier molecular flexibility index (Phi) is 7.52. The van der Waals surface area contributed by atoms with Gasteiger partial charge in [0.05, 0.1) is 23.4 Å². The fourth-order valence-electron chi connectivity index (χ4n) is 3.97. The number of hydrogen-bond donors (Lipinski definition) is 2. The van der Waals surface area contributed by atoms with Crippen LogP contribution >= 0.6 is 23.2 Å². The van der Waals surface area contributed by atoms with Crippen molar-refractivity contribution in [3.8, 4) is 22.9 Å². The van der Waals surface area contributed by atoms with Crippen molar-refractivity contribution >= 4 is 35.1 Å². The smallest absolute Gasteiger partial charge is 0.405 e. The van der Waals surface area contributed by atoms with Crippen molar-refractivity contribution in [2.45, 2.75) is 31.9 Å².